The third kappa shape index (κ3) is 1.84. The maximum atomic E-state index is 12.9. The van der Waals surface area contributed by atoms with Crippen LogP contribution in [0.3, 0.4) is 0 Å². The zero-order chi connectivity index (χ0) is 11.8. The van der Waals surface area contributed by atoms with E-state index in [-0.39, 0.29) is 17.8 Å². The third-order valence-corrected chi connectivity index (χ3v) is 3.97. The van der Waals surface area contributed by atoms with Crippen LogP contribution in [0.1, 0.15) is 43.7 Å². The van der Waals surface area contributed by atoms with Crippen LogP contribution in [-0.2, 0) is 4.79 Å². The third-order valence-electron chi connectivity index (χ3n) is 3.97. The van der Waals surface area contributed by atoms with Crippen molar-refractivity contribution in [2.24, 2.45) is 0 Å². The highest BCUT2D eigenvalue weighted by atomic mass is 19.1. The lowest BCUT2D eigenvalue weighted by atomic mass is 10.0. The molecule has 2 nitrogen and oxygen atoms in total. The second-order valence-corrected chi connectivity index (χ2v) is 4.99. The molecular formula is C14H16FNO. The summed E-state index contributed by atoms with van der Waals surface area (Å²) in [4.78, 5) is 14.0. The van der Waals surface area contributed by atoms with Gasteiger partial charge in [0.25, 0.3) is 0 Å². The Kier molecular flexibility index (Phi) is 2.61. The van der Waals surface area contributed by atoms with E-state index in [0.717, 1.165) is 31.2 Å². The summed E-state index contributed by atoms with van der Waals surface area (Å²) in [7, 11) is 0. The van der Waals surface area contributed by atoms with Gasteiger partial charge in [-0.2, -0.15) is 0 Å². The van der Waals surface area contributed by atoms with E-state index in [4.69, 9.17) is 0 Å². The van der Waals surface area contributed by atoms with E-state index < -0.39 is 0 Å². The molecule has 3 heteroatoms. The van der Waals surface area contributed by atoms with Gasteiger partial charge in [-0.15, -0.1) is 0 Å². The molecule has 2 atom stereocenters. The van der Waals surface area contributed by atoms with Crippen LogP contribution >= 0.6 is 0 Å². The lowest BCUT2D eigenvalue weighted by molar-refractivity contribution is -0.136. The van der Waals surface area contributed by atoms with Crippen molar-refractivity contribution in [1.29, 1.82) is 0 Å². The fourth-order valence-corrected chi connectivity index (χ4v) is 3.17. The summed E-state index contributed by atoms with van der Waals surface area (Å²) in [6.07, 6.45) is 4.93. The molecule has 17 heavy (non-hydrogen) atoms. The number of piperidine rings is 1. The lowest BCUT2D eigenvalue weighted by Gasteiger charge is -2.34. The Morgan fingerprint density at radius 1 is 1.12 bits per heavy atom. The highest BCUT2D eigenvalue weighted by Gasteiger charge is 2.39. The van der Waals surface area contributed by atoms with Crippen LogP contribution in [0.15, 0.2) is 24.3 Å². The Morgan fingerprint density at radius 3 is 2.65 bits per heavy atom. The van der Waals surface area contributed by atoms with E-state index in [0.29, 0.717) is 12.5 Å². The first kappa shape index (κ1) is 10.8. The van der Waals surface area contributed by atoms with Crippen molar-refractivity contribution in [2.45, 2.75) is 44.2 Å². The number of benzene rings is 1. The lowest BCUT2D eigenvalue weighted by Crippen LogP contribution is -2.40. The SMILES string of the molecule is O=C1CCCC2CC[C@@H](c3ccc(F)cc3)N12. The van der Waals surface area contributed by atoms with Gasteiger partial charge in [-0.05, 0) is 43.4 Å². The highest BCUT2D eigenvalue weighted by molar-refractivity contribution is 5.78. The summed E-state index contributed by atoms with van der Waals surface area (Å²) in [6, 6.07) is 7.18. The molecule has 0 radical (unpaired) electrons. The second-order valence-electron chi connectivity index (χ2n) is 4.99. The van der Waals surface area contributed by atoms with Crippen molar-refractivity contribution in [3.05, 3.63) is 35.6 Å². The van der Waals surface area contributed by atoms with Crippen molar-refractivity contribution in [2.75, 3.05) is 0 Å². The average Bonchev–Trinajstić information content (AvgIpc) is 2.75. The van der Waals surface area contributed by atoms with E-state index in [1.54, 1.807) is 0 Å². The number of halogens is 1. The minimum Gasteiger partial charge on any atom is -0.333 e. The molecule has 2 fully saturated rings. The van der Waals surface area contributed by atoms with E-state index >= 15 is 0 Å². The van der Waals surface area contributed by atoms with Crippen molar-refractivity contribution < 1.29 is 9.18 Å². The standard InChI is InChI=1S/C14H16FNO/c15-11-6-4-10(5-7-11)13-9-8-12-2-1-3-14(17)16(12)13/h4-7,12-13H,1-3,8-9H2/t12?,13-/m0/s1. The van der Waals surface area contributed by atoms with E-state index in [1.165, 1.54) is 12.1 Å². The maximum Gasteiger partial charge on any atom is 0.223 e. The topological polar surface area (TPSA) is 20.3 Å². The number of nitrogens with zero attached hydrogens (tertiary/aromatic N) is 1. The Labute approximate surface area is 100 Å². The van der Waals surface area contributed by atoms with Crippen LogP contribution in [-0.4, -0.2) is 16.8 Å². The molecule has 0 saturated carbocycles. The van der Waals surface area contributed by atoms with Crippen LogP contribution in [0.5, 0.6) is 0 Å². The van der Waals surface area contributed by atoms with Crippen molar-refractivity contribution in [3.8, 4) is 0 Å². The number of hydrogen-bond donors (Lipinski definition) is 0. The summed E-state index contributed by atoms with van der Waals surface area (Å²) < 4.78 is 12.9. The molecular weight excluding hydrogens is 217 g/mol. The fourth-order valence-electron chi connectivity index (χ4n) is 3.17. The molecule has 0 spiro atoms. The molecule has 1 aromatic carbocycles. The molecule has 0 bridgehead atoms. The predicted octanol–water partition coefficient (Wildman–Crippen LogP) is 3.04. The fraction of sp³-hybridized carbons (Fsp3) is 0.500. The molecule has 2 aliphatic heterocycles. The van der Waals surface area contributed by atoms with Gasteiger partial charge in [-0.1, -0.05) is 12.1 Å². The molecule has 2 heterocycles. The van der Waals surface area contributed by atoms with Gasteiger partial charge in [-0.25, -0.2) is 4.39 Å². The normalized spacial score (nSPS) is 28.3. The van der Waals surface area contributed by atoms with Gasteiger partial charge < -0.3 is 4.90 Å². The first-order chi connectivity index (χ1) is 8.25. The van der Waals surface area contributed by atoms with Gasteiger partial charge in [0.05, 0.1) is 6.04 Å². The first-order valence-corrected chi connectivity index (χ1v) is 6.32. The Bertz CT molecular complexity index is 428. The maximum absolute atomic E-state index is 12.9. The Morgan fingerprint density at radius 2 is 1.88 bits per heavy atom. The average molecular weight is 233 g/mol. The van der Waals surface area contributed by atoms with Crippen LogP contribution in [0.2, 0.25) is 0 Å². The summed E-state index contributed by atoms with van der Waals surface area (Å²) in [5.41, 5.74) is 1.07. The minimum absolute atomic E-state index is 0.174. The van der Waals surface area contributed by atoms with Crippen LogP contribution in [0.4, 0.5) is 4.39 Å². The summed E-state index contributed by atoms with van der Waals surface area (Å²) in [6.45, 7) is 0. The van der Waals surface area contributed by atoms with Gasteiger partial charge in [-0.3, -0.25) is 4.79 Å². The van der Waals surface area contributed by atoms with Crippen LogP contribution in [0, 0.1) is 5.82 Å². The van der Waals surface area contributed by atoms with E-state index in [1.807, 2.05) is 17.0 Å². The van der Waals surface area contributed by atoms with Crippen molar-refractivity contribution >= 4 is 5.91 Å². The molecule has 1 aromatic rings. The zero-order valence-corrected chi connectivity index (χ0v) is 9.73. The van der Waals surface area contributed by atoms with Crippen molar-refractivity contribution in [3.63, 3.8) is 0 Å². The molecule has 1 unspecified atom stereocenters. The zero-order valence-electron chi connectivity index (χ0n) is 9.73. The van der Waals surface area contributed by atoms with Gasteiger partial charge in [0.1, 0.15) is 5.82 Å². The molecule has 0 aromatic heterocycles. The molecule has 1 amide bonds. The largest absolute Gasteiger partial charge is 0.333 e. The number of rotatable bonds is 1. The molecule has 2 saturated heterocycles. The first-order valence-electron chi connectivity index (χ1n) is 6.32. The number of hydrogen-bond acceptors (Lipinski definition) is 1. The Balaban J connectivity index is 1.88. The molecule has 3 rings (SSSR count). The highest BCUT2D eigenvalue weighted by Crippen LogP contribution is 2.40. The smallest absolute Gasteiger partial charge is 0.223 e. The number of carbonyl (C=O) groups excluding carboxylic acids is 1. The van der Waals surface area contributed by atoms with E-state index in [9.17, 15) is 9.18 Å². The van der Waals surface area contributed by atoms with Gasteiger partial charge in [0.2, 0.25) is 5.91 Å². The molecule has 2 aliphatic rings. The summed E-state index contributed by atoms with van der Waals surface area (Å²) in [5, 5.41) is 0. The predicted molar refractivity (Wildman–Crippen MR) is 62.9 cm³/mol. The van der Waals surface area contributed by atoms with Crippen molar-refractivity contribution in [1.82, 2.24) is 4.90 Å². The van der Waals surface area contributed by atoms with Crippen LogP contribution in [0.25, 0.3) is 0 Å². The van der Waals surface area contributed by atoms with E-state index in [2.05, 4.69) is 0 Å². The molecule has 0 N–H and O–H groups in total. The molecule has 90 valence electrons. The van der Waals surface area contributed by atoms with Crippen LogP contribution < -0.4 is 0 Å². The minimum atomic E-state index is -0.215. The molecule has 0 aliphatic carbocycles. The van der Waals surface area contributed by atoms with Gasteiger partial charge in [0.15, 0.2) is 0 Å². The number of amides is 1. The van der Waals surface area contributed by atoms with Gasteiger partial charge in [0, 0.05) is 12.5 Å². The summed E-state index contributed by atoms with van der Waals surface area (Å²) >= 11 is 0. The monoisotopic (exact) mass is 233 g/mol. The summed E-state index contributed by atoms with van der Waals surface area (Å²) in [5.74, 6) is 0.0568. The number of carbonyl (C=O) groups is 1. The van der Waals surface area contributed by atoms with Gasteiger partial charge >= 0.3 is 0 Å². The second kappa shape index (κ2) is 4.13. The number of fused-ring (bicyclic) bond motifs is 1. The quantitative estimate of drug-likeness (QED) is 0.730. The Hall–Kier alpha value is -1.38.